The lowest BCUT2D eigenvalue weighted by Crippen LogP contribution is -2.43. The number of benzene rings is 1. The predicted octanol–water partition coefficient (Wildman–Crippen LogP) is 2.87. The van der Waals surface area contributed by atoms with Crippen molar-refractivity contribution < 1.29 is 4.79 Å². The van der Waals surface area contributed by atoms with Gasteiger partial charge in [-0.15, -0.1) is 0 Å². The summed E-state index contributed by atoms with van der Waals surface area (Å²) in [5, 5.41) is 5.45. The Morgan fingerprint density at radius 2 is 1.90 bits per heavy atom. The Kier molecular flexibility index (Phi) is 5.18. The van der Waals surface area contributed by atoms with Gasteiger partial charge in [-0.25, -0.2) is 9.97 Å². The number of anilines is 1. The van der Waals surface area contributed by atoms with Crippen LogP contribution < -0.4 is 10.2 Å². The normalized spacial score (nSPS) is 14.2. The van der Waals surface area contributed by atoms with Crippen molar-refractivity contribution in [1.82, 2.24) is 24.8 Å². The number of aryl methyl sites for hydroxylation is 1. The van der Waals surface area contributed by atoms with E-state index in [1.807, 2.05) is 36.1 Å². The van der Waals surface area contributed by atoms with Crippen LogP contribution >= 0.6 is 0 Å². The number of imidazole rings is 1. The third kappa shape index (κ3) is 4.04. The zero-order valence-electron chi connectivity index (χ0n) is 17.5. The zero-order chi connectivity index (χ0) is 21.2. The van der Waals surface area contributed by atoms with Crippen molar-refractivity contribution >= 4 is 22.4 Å². The molecule has 1 fully saturated rings. The zero-order valence-corrected chi connectivity index (χ0v) is 17.5. The second-order valence-corrected chi connectivity index (χ2v) is 7.87. The Balaban J connectivity index is 1.38. The number of carbonyl (C=O) groups excluding carboxylic acids is 1. The standard InChI is InChI=1S/C24H24N6O/c1-29-16-26-15-22(29)17-2-3-19-14-28-21(11-20(19)10-17)13-23(31)18-4-5-27-24(12-18)30-8-6-25-7-9-30/h2-5,10-12,14-16,25H,6-9,13H2,1H3. The van der Waals surface area contributed by atoms with Crippen LogP contribution in [0.4, 0.5) is 5.82 Å². The lowest BCUT2D eigenvalue weighted by Gasteiger charge is -2.28. The van der Waals surface area contributed by atoms with Gasteiger partial charge in [0.2, 0.25) is 0 Å². The smallest absolute Gasteiger partial charge is 0.169 e. The van der Waals surface area contributed by atoms with Crippen LogP contribution in [-0.2, 0) is 13.5 Å². The molecule has 7 nitrogen and oxygen atoms in total. The molecule has 1 aromatic carbocycles. The molecular formula is C24H24N6O. The molecule has 0 unspecified atom stereocenters. The molecule has 5 rings (SSSR count). The molecule has 156 valence electrons. The summed E-state index contributed by atoms with van der Waals surface area (Å²) in [6.07, 6.45) is 7.46. The van der Waals surface area contributed by atoms with Crippen molar-refractivity contribution in [3.05, 3.63) is 72.6 Å². The molecule has 0 saturated carbocycles. The summed E-state index contributed by atoms with van der Waals surface area (Å²) in [5.74, 6) is 0.910. The van der Waals surface area contributed by atoms with Crippen LogP contribution in [0.1, 0.15) is 16.1 Å². The first-order valence-corrected chi connectivity index (χ1v) is 10.5. The minimum atomic E-state index is 0.0495. The summed E-state index contributed by atoms with van der Waals surface area (Å²) >= 11 is 0. The van der Waals surface area contributed by atoms with Crippen molar-refractivity contribution in [2.45, 2.75) is 6.42 Å². The molecule has 0 bridgehead atoms. The molecule has 0 aliphatic carbocycles. The highest BCUT2D eigenvalue weighted by molar-refractivity contribution is 5.98. The van der Waals surface area contributed by atoms with Crippen LogP contribution in [0, 0.1) is 0 Å². The van der Waals surface area contributed by atoms with E-state index in [2.05, 4.69) is 43.4 Å². The van der Waals surface area contributed by atoms with Crippen LogP contribution in [0.15, 0.2) is 61.3 Å². The highest BCUT2D eigenvalue weighted by Gasteiger charge is 2.15. The van der Waals surface area contributed by atoms with Gasteiger partial charge in [0, 0.05) is 67.8 Å². The van der Waals surface area contributed by atoms with Gasteiger partial charge < -0.3 is 14.8 Å². The maximum absolute atomic E-state index is 13.0. The van der Waals surface area contributed by atoms with Crippen LogP contribution in [0.25, 0.3) is 22.0 Å². The molecular weight excluding hydrogens is 388 g/mol. The van der Waals surface area contributed by atoms with Crippen molar-refractivity contribution in [3.63, 3.8) is 0 Å². The van der Waals surface area contributed by atoms with Gasteiger partial charge in [-0.05, 0) is 29.7 Å². The van der Waals surface area contributed by atoms with Gasteiger partial charge in [-0.2, -0.15) is 0 Å². The van der Waals surface area contributed by atoms with E-state index in [1.54, 1.807) is 18.6 Å². The number of fused-ring (bicyclic) bond motifs is 1. The molecule has 1 aliphatic rings. The number of hydrogen-bond donors (Lipinski definition) is 1. The number of aromatic nitrogens is 4. The van der Waals surface area contributed by atoms with Crippen molar-refractivity contribution in [2.75, 3.05) is 31.1 Å². The highest BCUT2D eigenvalue weighted by Crippen LogP contribution is 2.24. The lowest BCUT2D eigenvalue weighted by atomic mass is 10.0. The van der Waals surface area contributed by atoms with Gasteiger partial charge in [0.1, 0.15) is 5.82 Å². The van der Waals surface area contributed by atoms with Crippen LogP contribution in [-0.4, -0.2) is 51.5 Å². The number of ketones is 1. The lowest BCUT2D eigenvalue weighted by molar-refractivity contribution is 0.0992. The van der Waals surface area contributed by atoms with Gasteiger partial charge in [0.15, 0.2) is 5.78 Å². The third-order valence-corrected chi connectivity index (χ3v) is 5.74. The van der Waals surface area contributed by atoms with Crippen LogP contribution in [0.5, 0.6) is 0 Å². The van der Waals surface area contributed by atoms with Crippen LogP contribution in [0.3, 0.4) is 0 Å². The molecule has 1 N–H and O–H groups in total. The van der Waals surface area contributed by atoms with Gasteiger partial charge in [-0.1, -0.05) is 12.1 Å². The van der Waals surface area contributed by atoms with E-state index in [0.717, 1.165) is 59.7 Å². The highest BCUT2D eigenvalue weighted by atomic mass is 16.1. The van der Waals surface area contributed by atoms with Gasteiger partial charge in [0.05, 0.1) is 24.6 Å². The Hall–Kier alpha value is -3.58. The molecule has 0 radical (unpaired) electrons. The molecule has 1 saturated heterocycles. The number of Topliss-reactive ketones (excluding diaryl/α,β-unsaturated/α-hetero) is 1. The predicted molar refractivity (Wildman–Crippen MR) is 121 cm³/mol. The first kappa shape index (κ1) is 19.4. The van der Waals surface area contributed by atoms with Gasteiger partial charge in [0.25, 0.3) is 0 Å². The average Bonchev–Trinajstić information content (AvgIpc) is 3.25. The maximum Gasteiger partial charge on any atom is 0.169 e. The number of rotatable bonds is 5. The number of pyridine rings is 2. The Morgan fingerprint density at radius 1 is 1.03 bits per heavy atom. The number of nitrogens with zero attached hydrogens (tertiary/aromatic N) is 5. The van der Waals surface area contributed by atoms with Gasteiger partial charge in [-0.3, -0.25) is 9.78 Å². The molecule has 31 heavy (non-hydrogen) atoms. The fourth-order valence-corrected chi connectivity index (χ4v) is 4.00. The SMILES string of the molecule is Cn1cncc1-c1ccc2cnc(CC(=O)c3ccnc(N4CCNCC4)c3)cc2c1. The van der Waals surface area contributed by atoms with E-state index in [9.17, 15) is 4.79 Å². The maximum atomic E-state index is 13.0. The molecule has 1 aliphatic heterocycles. The number of nitrogens with one attached hydrogen (secondary N) is 1. The first-order valence-electron chi connectivity index (χ1n) is 10.5. The molecule has 0 atom stereocenters. The quantitative estimate of drug-likeness (QED) is 0.508. The second kappa shape index (κ2) is 8.28. The molecule has 4 aromatic rings. The minimum absolute atomic E-state index is 0.0495. The fraction of sp³-hybridized carbons (Fsp3) is 0.250. The monoisotopic (exact) mass is 412 g/mol. The summed E-state index contributed by atoms with van der Waals surface area (Å²) in [4.78, 5) is 28.4. The first-order chi connectivity index (χ1) is 15.2. The largest absolute Gasteiger partial charge is 0.354 e. The molecule has 4 heterocycles. The minimum Gasteiger partial charge on any atom is -0.354 e. The Labute approximate surface area is 180 Å². The van der Waals surface area contributed by atoms with E-state index >= 15 is 0 Å². The molecule has 7 heteroatoms. The third-order valence-electron chi connectivity index (χ3n) is 5.74. The molecule has 0 spiro atoms. The molecule has 0 amide bonds. The number of carbonyl (C=O) groups is 1. The summed E-state index contributed by atoms with van der Waals surface area (Å²) in [5.41, 5.74) is 3.58. The molecule has 3 aromatic heterocycles. The summed E-state index contributed by atoms with van der Waals surface area (Å²) < 4.78 is 1.99. The van der Waals surface area contributed by atoms with E-state index in [0.29, 0.717) is 5.56 Å². The van der Waals surface area contributed by atoms with Crippen molar-refractivity contribution in [1.29, 1.82) is 0 Å². The van der Waals surface area contributed by atoms with Crippen LogP contribution in [0.2, 0.25) is 0 Å². The summed E-state index contributed by atoms with van der Waals surface area (Å²) in [6.45, 7) is 3.66. The fourth-order valence-electron chi connectivity index (χ4n) is 4.00. The number of piperazine rings is 1. The second-order valence-electron chi connectivity index (χ2n) is 7.87. The van der Waals surface area contributed by atoms with E-state index in [1.165, 1.54) is 0 Å². The number of hydrogen-bond acceptors (Lipinski definition) is 6. The Bertz CT molecular complexity index is 1240. The topological polar surface area (TPSA) is 75.9 Å². The summed E-state index contributed by atoms with van der Waals surface area (Å²) in [6, 6.07) is 11.9. The van der Waals surface area contributed by atoms with E-state index in [4.69, 9.17) is 0 Å². The van der Waals surface area contributed by atoms with E-state index in [-0.39, 0.29) is 12.2 Å². The summed E-state index contributed by atoms with van der Waals surface area (Å²) in [7, 11) is 1.98. The van der Waals surface area contributed by atoms with Gasteiger partial charge >= 0.3 is 0 Å². The van der Waals surface area contributed by atoms with Crippen molar-refractivity contribution in [3.8, 4) is 11.3 Å². The van der Waals surface area contributed by atoms with E-state index < -0.39 is 0 Å². The van der Waals surface area contributed by atoms with Crippen molar-refractivity contribution in [2.24, 2.45) is 7.05 Å². The average molecular weight is 412 g/mol. The Morgan fingerprint density at radius 3 is 2.71 bits per heavy atom.